The van der Waals surface area contributed by atoms with Gasteiger partial charge in [0.15, 0.2) is 0 Å². The van der Waals surface area contributed by atoms with Gasteiger partial charge in [0.2, 0.25) is 5.56 Å². The van der Waals surface area contributed by atoms with Crippen molar-refractivity contribution < 1.29 is 0 Å². The number of benzene rings is 1. The molecule has 17 heavy (non-hydrogen) atoms. The lowest BCUT2D eigenvalue weighted by atomic mass is 9.97. The van der Waals surface area contributed by atoms with Gasteiger partial charge in [0.1, 0.15) is 0 Å². The Morgan fingerprint density at radius 1 is 1.18 bits per heavy atom. The Morgan fingerprint density at radius 3 is 2.65 bits per heavy atom. The van der Waals surface area contributed by atoms with Crippen LogP contribution >= 0.6 is 0 Å². The lowest BCUT2D eigenvalue weighted by Gasteiger charge is -2.19. The van der Waals surface area contributed by atoms with Crippen molar-refractivity contribution in [2.24, 2.45) is 5.41 Å². The van der Waals surface area contributed by atoms with Crippen LogP contribution in [0.2, 0.25) is 0 Å². The van der Waals surface area contributed by atoms with Crippen LogP contribution in [-0.4, -0.2) is 11.5 Å². The summed E-state index contributed by atoms with van der Waals surface area (Å²) in [6, 6.07) is 9.37. The van der Waals surface area contributed by atoms with Crippen molar-refractivity contribution in [3.8, 4) is 0 Å². The molecule has 1 heterocycles. The van der Waals surface area contributed by atoms with Gasteiger partial charge in [-0.15, -0.1) is 0 Å². The van der Waals surface area contributed by atoms with Gasteiger partial charge in [-0.25, -0.2) is 0 Å². The predicted molar refractivity (Wildman–Crippen MR) is 72.5 cm³/mol. The van der Waals surface area contributed by atoms with E-state index in [1.807, 2.05) is 18.2 Å². The molecule has 0 atom stereocenters. The number of aromatic nitrogens is 1. The fraction of sp³-hybridized carbons (Fsp3) is 0.357. The van der Waals surface area contributed by atoms with E-state index in [-0.39, 0.29) is 11.0 Å². The Morgan fingerprint density at radius 2 is 1.94 bits per heavy atom. The summed E-state index contributed by atoms with van der Waals surface area (Å²) >= 11 is 0. The van der Waals surface area contributed by atoms with Crippen LogP contribution in [0.3, 0.4) is 0 Å². The number of hydrogen-bond acceptors (Lipinski definition) is 2. The molecular weight excluding hydrogens is 212 g/mol. The first kappa shape index (κ1) is 11.7. The molecule has 0 aliphatic rings. The van der Waals surface area contributed by atoms with Crippen molar-refractivity contribution in [1.82, 2.24) is 4.98 Å². The Kier molecular flexibility index (Phi) is 2.92. The molecule has 1 aromatic heterocycles. The average molecular weight is 230 g/mol. The molecule has 0 unspecified atom stereocenters. The molecule has 3 nitrogen and oxygen atoms in total. The van der Waals surface area contributed by atoms with Crippen LogP contribution < -0.4 is 10.9 Å². The molecule has 1 aromatic carbocycles. The lowest BCUT2D eigenvalue weighted by Crippen LogP contribution is -2.18. The lowest BCUT2D eigenvalue weighted by molar-refractivity contribution is 0.443. The second kappa shape index (κ2) is 4.24. The minimum absolute atomic E-state index is 0.0621. The second-order valence-corrected chi connectivity index (χ2v) is 5.54. The molecule has 0 aliphatic heterocycles. The van der Waals surface area contributed by atoms with Crippen LogP contribution in [0.5, 0.6) is 0 Å². The van der Waals surface area contributed by atoms with Gasteiger partial charge in [-0.1, -0.05) is 20.8 Å². The third-order valence-electron chi connectivity index (χ3n) is 2.55. The molecule has 3 heteroatoms. The number of anilines is 1. The summed E-state index contributed by atoms with van der Waals surface area (Å²) in [5, 5.41) is 4.44. The summed E-state index contributed by atoms with van der Waals surface area (Å²) in [4.78, 5) is 14.0. The van der Waals surface area contributed by atoms with E-state index in [1.54, 1.807) is 6.07 Å². The van der Waals surface area contributed by atoms with Crippen molar-refractivity contribution >= 4 is 16.6 Å². The van der Waals surface area contributed by atoms with Gasteiger partial charge in [-0.2, -0.15) is 0 Å². The van der Waals surface area contributed by atoms with Crippen LogP contribution in [0, 0.1) is 5.41 Å². The molecule has 0 saturated carbocycles. The van der Waals surface area contributed by atoms with Gasteiger partial charge in [-0.05, 0) is 29.7 Å². The summed E-state index contributed by atoms with van der Waals surface area (Å²) in [5.41, 5.74) is 2.14. The van der Waals surface area contributed by atoms with Crippen LogP contribution in [0.4, 0.5) is 5.69 Å². The summed E-state index contributed by atoms with van der Waals surface area (Å²) in [6.45, 7) is 7.50. The van der Waals surface area contributed by atoms with Gasteiger partial charge in [0.25, 0.3) is 0 Å². The molecule has 0 bridgehead atoms. The fourth-order valence-electron chi connectivity index (χ4n) is 1.63. The molecule has 0 amide bonds. The maximum atomic E-state index is 11.2. The largest absolute Gasteiger partial charge is 0.385 e. The highest BCUT2D eigenvalue weighted by Gasteiger charge is 2.09. The van der Waals surface area contributed by atoms with E-state index in [2.05, 4.69) is 37.1 Å². The van der Waals surface area contributed by atoms with E-state index in [0.29, 0.717) is 0 Å². The summed E-state index contributed by atoms with van der Waals surface area (Å²) in [5.74, 6) is 0. The third kappa shape index (κ3) is 3.09. The Labute approximate surface area is 101 Å². The Bertz CT molecular complexity index is 579. The van der Waals surface area contributed by atoms with Crippen molar-refractivity contribution in [2.75, 3.05) is 11.9 Å². The van der Waals surface area contributed by atoms with Crippen molar-refractivity contribution in [2.45, 2.75) is 20.8 Å². The van der Waals surface area contributed by atoms with E-state index in [9.17, 15) is 4.79 Å². The zero-order valence-corrected chi connectivity index (χ0v) is 10.5. The molecule has 0 saturated heterocycles. The topological polar surface area (TPSA) is 44.9 Å². The smallest absolute Gasteiger partial charge is 0.248 e. The highest BCUT2D eigenvalue weighted by atomic mass is 16.1. The van der Waals surface area contributed by atoms with E-state index in [4.69, 9.17) is 0 Å². The van der Waals surface area contributed by atoms with Gasteiger partial charge in [0, 0.05) is 29.2 Å². The molecule has 2 N–H and O–H groups in total. The number of aromatic amines is 1. The molecular formula is C14H18N2O. The summed E-state index contributed by atoms with van der Waals surface area (Å²) in [7, 11) is 0. The first-order valence-corrected chi connectivity index (χ1v) is 5.81. The number of pyridine rings is 1. The van der Waals surface area contributed by atoms with Crippen molar-refractivity contribution in [1.29, 1.82) is 0 Å². The average Bonchev–Trinajstić information content (AvgIpc) is 2.25. The maximum absolute atomic E-state index is 11.2. The quantitative estimate of drug-likeness (QED) is 0.833. The van der Waals surface area contributed by atoms with E-state index < -0.39 is 0 Å². The first-order chi connectivity index (χ1) is 7.94. The van der Waals surface area contributed by atoms with Gasteiger partial charge in [-0.3, -0.25) is 4.79 Å². The van der Waals surface area contributed by atoms with Crippen molar-refractivity contribution in [3.05, 3.63) is 40.7 Å². The fourth-order valence-corrected chi connectivity index (χ4v) is 1.63. The monoisotopic (exact) mass is 230 g/mol. The highest BCUT2D eigenvalue weighted by Crippen LogP contribution is 2.19. The summed E-state index contributed by atoms with van der Waals surface area (Å²) in [6.07, 6.45) is 0. The number of rotatable bonds is 2. The van der Waals surface area contributed by atoms with Crippen molar-refractivity contribution in [3.63, 3.8) is 0 Å². The number of H-pyrrole nitrogens is 1. The van der Waals surface area contributed by atoms with E-state index >= 15 is 0 Å². The normalized spacial score (nSPS) is 11.7. The molecule has 0 aliphatic carbocycles. The molecule has 0 radical (unpaired) electrons. The number of nitrogens with one attached hydrogen (secondary N) is 2. The van der Waals surface area contributed by atoms with Crippen LogP contribution in [0.25, 0.3) is 10.9 Å². The zero-order chi connectivity index (χ0) is 12.5. The van der Waals surface area contributed by atoms with Gasteiger partial charge in [0.05, 0.1) is 0 Å². The van der Waals surface area contributed by atoms with Crippen LogP contribution in [0.1, 0.15) is 20.8 Å². The number of hydrogen-bond donors (Lipinski definition) is 2. The van der Waals surface area contributed by atoms with E-state index in [1.165, 1.54) is 0 Å². The van der Waals surface area contributed by atoms with Gasteiger partial charge >= 0.3 is 0 Å². The summed E-state index contributed by atoms with van der Waals surface area (Å²) < 4.78 is 0. The Hall–Kier alpha value is -1.77. The first-order valence-electron chi connectivity index (χ1n) is 5.81. The second-order valence-electron chi connectivity index (χ2n) is 5.54. The van der Waals surface area contributed by atoms with Gasteiger partial charge < -0.3 is 10.3 Å². The van der Waals surface area contributed by atoms with Crippen LogP contribution in [0.15, 0.2) is 35.1 Å². The van der Waals surface area contributed by atoms with E-state index in [0.717, 1.165) is 23.1 Å². The molecule has 0 fully saturated rings. The standard InChI is InChI=1S/C14H18N2O/c1-14(2,3)9-15-11-5-6-12-10(8-11)4-7-13(17)16-12/h4-8,15H,9H2,1-3H3,(H,16,17). The Balaban J connectivity index is 2.26. The number of fused-ring (bicyclic) bond motifs is 1. The molecule has 2 rings (SSSR count). The SMILES string of the molecule is CC(C)(C)CNc1ccc2[nH]c(=O)ccc2c1. The zero-order valence-electron chi connectivity index (χ0n) is 10.5. The molecule has 0 spiro atoms. The minimum atomic E-state index is -0.0621. The minimum Gasteiger partial charge on any atom is -0.385 e. The maximum Gasteiger partial charge on any atom is 0.248 e. The highest BCUT2D eigenvalue weighted by molar-refractivity contribution is 5.82. The predicted octanol–water partition coefficient (Wildman–Crippen LogP) is 2.99. The van der Waals surface area contributed by atoms with Crippen LogP contribution in [-0.2, 0) is 0 Å². The third-order valence-corrected chi connectivity index (χ3v) is 2.55. The molecule has 90 valence electrons. The molecule has 2 aromatic rings.